The van der Waals surface area contributed by atoms with Crippen LogP contribution in [-0.4, -0.2) is 88.4 Å². The smallest absolute Gasteiger partial charge is 0.306 e. The van der Waals surface area contributed by atoms with Crippen LogP contribution < -0.4 is 15.1 Å². The average molecular weight is 1060 g/mol. The first-order valence-electron chi connectivity index (χ1n) is 29.3. The van der Waals surface area contributed by atoms with Crippen molar-refractivity contribution in [3.8, 4) is 11.8 Å². The van der Waals surface area contributed by atoms with E-state index in [4.69, 9.17) is 18.5 Å². The van der Waals surface area contributed by atoms with Crippen molar-refractivity contribution in [2.45, 2.75) is 225 Å². The van der Waals surface area contributed by atoms with Crippen LogP contribution in [0, 0.1) is 11.8 Å². The number of rotatable bonds is 45. The van der Waals surface area contributed by atoms with Crippen molar-refractivity contribution in [3.63, 3.8) is 0 Å². The van der Waals surface area contributed by atoms with Gasteiger partial charge in [-0.15, -0.1) is 0 Å². The summed E-state index contributed by atoms with van der Waals surface area (Å²) in [5.74, 6) is 5.73. The van der Waals surface area contributed by atoms with Gasteiger partial charge >= 0.3 is 11.9 Å². The minimum atomic E-state index is -4.66. The second-order valence-electron chi connectivity index (χ2n) is 21.7. The lowest BCUT2D eigenvalue weighted by Crippen LogP contribution is -2.37. The van der Waals surface area contributed by atoms with E-state index in [2.05, 4.69) is 24.1 Å². The number of fused-ring (bicyclic) bond motifs is 2. The molecule has 0 radical (unpaired) electrons. The Morgan fingerprint density at radius 1 is 0.600 bits per heavy atom. The molecule has 1 aliphatic heterocycles. The highest BCUT2D eigenvalue weighted by molar-refractivity contribution is 7.45. The molecule has 2 amide bonds. The third kappa shape index (κ3) is 33.0. The fourth-order valence-electron chi connectivity index (χ4n) is 9.10. The molecular weight excluding hydrogens is 966 g/mol. The van der Waals surface area contributed by atoms with Crippen molar-refractivity contribution in [1.29, 1.82) is 0 Å². The first-order chi connectivity index (χ1) is 36.3. The first kappa shape index (κ1) is 65.2. The molecule has 0 bridgehead atoms. The van der Waals surface area contributed by atoms with Gasteiger partial charge in [0.05, 0.1) is 40.0 Å². The molecule has 2 unspecified atom stereocenters. The van der Waals surface area contributed by atoms with Gasteiger partial charge in [-0.25, -0.2) is 0 Å². The van der Waals surface area contributed by atoms with Gasteiger partial charge in [-0.3, -0.25) is 23.7 Å². The number of nitrogens with zero attached hydrogens (tertiary/aromatic N) is 2. The molecule has 1 N–H and O–H groups in total. The minimum absolute atomic E-state index is 0.0472. The van der Waals surface area contributed by atoms with E-state index in [0.717, 1.165) is 80.2 Å². The molecule has 2 atom stereocenters. The molecule has 1 aliphatic rings. The van der Waals surface area contributed by atoms with E-state index >= 15 is 0 Å². The van der Waals surface area contributed by atoms with E-state index < -0.39 is 32.5 Å². The third-order valence-electron chi connectivity index (χ3n) is 13.7. The monoisotopic (exact) mass is 1060 g/mol. The SMILES string of the molecule is CCCCCCCCCCCCCCCC(=O)OCC(COP(=O)([O-])OCC[N+](C)(C)C)OC(=O)CCCCCCCCCCCCCCCNC(=O)CCCCC(=O)N1Cc2ccccc2C#Cc2ccccc21. The van der Waals surface area contributed by atoms with Crippen molar-refractivity contribution < 1.29 is 51.6 Å². The van der Waals surface area contributed by atoms with E-state index in [1.165, 1.54) is 103 Å². The molecule has 13 nitrogen and oxygen atoms in total. The summed E-state index contributed by atoms with van der Waals surface area (Å²) in [6.07, 6.45) is 31.4. The molecule has 422 valence electrons. The topological polar surface area (TPSA) is 161 Å². The highest BCUT2D eigenvalue weighted by Crippen LogP contribution is 2.38. The highest BCUT2D eigenvalue weighted by Gasteiger charge is 2.23. The summed E-state index contributed by atoms with van der Waals surface area (Å²) in [5.41, 5.74) is 3.66. The molecular formula is C61H98N3O10P. The van der Waals surface area contributed by atoms with Gasteiger partial charge in [-0.05, 0) is 55.9 Å². The summed E-state index contributed by atoms with van der Waals surface area (Å²) < 4.78 is 34.1. The van der Waals surface area contributed by atoms with Crippen LogP contribution in [0.3, 0.4) is 0 Å². The standard InChI is InChI=1S/C61H98N3O10P/c1-5-6-7-8-9-10-11-13-16-19-22-25-28-43-60(67)71-51-56(52-73-75(69,70)72-49-48-64(2,3)4)74-61(68)44-29-26-23-20-17-14-12-15-18-21-24-27-36-47-62-58(65)41-34-35-42-59(66)63-50-55-39-31-30-37-53(55)45-46-54-38-32-33-40-57(54)63/h30-33,37-40,56H,5-29,34-36,41-44,47-52H2,1-4H3,(H-,62,65,69,70). The van der Waals surface area contributed by atoms with Crippen molar-refractivity contribution in [1.82, 2.24) is 5.32 Å². The second kappa shape index (κ2) is 40.2. The van der Waals surface area contributed by atoms with Gasteiger partial charge < -0.3 is 38.1 Å². The number of hydrogen-bond donors (Lipinski definition) is 1. The molecule has 1 heterocycles. The van der Waals surface area contributed by atoms with Crippen LogP contribution in [0.5, 0.6) is 0 Å². The fraction of sp³-hybridized carbons (Fsp3) is 0.705. The predicted molar refractivity (Wildman–Crippen MR) is 300 cm³/mol. The van der Waals surface area contributed by atoms with Crippen LogP contribution in [0.15, 0.2) is 48.5 Å². The van der Waals surface area contributed by atoms with E-state index in [1.54, 1.807) is 0 Å². The number of amides is 2. The predicted octanol–water partition coefficient (Wildman–Crippen LogP) is 13.2. The van der Waals surface area contributed by atoms with E-state index in [9.17, 15) is 28.6 Å². The Morgan fingerprint density at radius 2 is 1.08 bits per heavy atom. The molecule has 0 saturated heterocycles. The number of unbranched alkanes of at least 4 members (excludes halogenated alkanes) is 25. The largest absolute Gasteiger partial charge is 0.756 e. The molecule has 0 spiro atoms. The molecule has 0 fully saturated rings. The number of hydrogen-bond acceptors (Lipinski definition) is 10. The van der Waals surface area contributed by atoms with Crippen molar-refractivity contribution in [2.75, 3.05) is 59.0 Å². The van der Waals surface area contributed by atoms with Gasteiger partial charge in [-0.1, -0.05) is 197 Å². The van der Waals surface area contributed by atoms with Gasteiger partial charge in [0, 0.05) is 43.4 Å². The van der Waals surface area contributed by atoms with Gasteiger partial charge in [0.1, 0.15) is 19.8 Å². The molecule has 0 saturated carbocycles. The number of carbonyl (C=O) groups excluding carboxylic acids is 4. The number of carbonyl (C=O) groups is 4. The summed E-state index contributed by atoms with van der Waals surface area (Å²) >= 11 is 0. The molecule has 75 heavy (non-hydrogen) atoms. The van der Waals surface area contributed by atoms with E-state index in [1.807, 2.05) is 74.6 Å². The second-order valence-corrected chi connectivity index (χ2v) is 23.1. The van der Waals surface area contributed by atoms with Gasteiger partial charge in [0.25, 0.3) is 7.82 Å². The van der Waals surface area contributed by atoms with Crippen LogP contribution in [0.2, 0.25) is 0 Å². The molecule has 14 heteroatoms. The lowest BCUT2D eigenvalue weighted by atomic mass is 10.0. The number of likely N-dealkylation sites (N-methyl/N-ethyl adjacent to an activating group) is 1. The molecule has 0 aliphatic carbocycles. The van der Waals surface area contributed by atoms with Gasteiger partial charge in [0.2, 0.25) is 11.8 Å². The Morgan fingerprint density at radius 3 is 1.67 bits per heavy atom. The summed E-state index contributed by atoms with van der Waals surface area (Å²) in [4.78, 5) is 65.6. The van der Waals surface area contributed by atoms with Crippen molar-refractivity contribution in [3.05, 3.63) is 65.2 Å². The summed E-state index contributed by atoms with van der Waals surface area (Å²) in [5, 5.41) is 3.06. The lowest BCUT2D eigenvalue weighted by Gasteiger charge is -2.28. The third-order valence-corrected chi connectivity index (χ3v) is 14.7. The lowest BCUT2D eigenvalue weighted by molar-refractivity contribution is -0.870. The van der Waals surface area contributed by atoms with Crippen molar-refractivity contribution >= 4 is 37.3 Å². The normalized spacial score (nSPS) is 13.3. The fourth-order valence-corrected chi connectivity index (χ4v) is 9.83. The molecule has 2 aromatic carbocycles. The van der Waals surface area contributed by atoms with Crippen molar-refractivity contribution in [2.24, 2.45) is 0 Å². The van der Waals surface area contributed by atoms with Gasteiger partial charge in [-0.2, -0.15) is 0 Å². The van der Waals surface area contributed by atoms with Crippen LogP contribution in [0.4, 0.5) is 5.69 Å². The Bertz CT molecular complexity index is 2010. The molecule has 2 aromatic rings. The zero-order chi connectivity index (χ0) is 54.3. The number of ether oxygens (including phenoxy) is 2. The van der Waals surface area contributed by atoms with Crippen LogP contribution in [0.1, 0.15) is 229 Å². The quantitative estimate of drug-likeness (QED) is 0.0222. The Labute approximate surface area is 453 Å². The van der Waals surface area contributed by atoms with Gasteiger partial charge in [0.15, 0.2) is 6.10 Å². The first-order valence-corrected chi connectivity index (χ1v) is 30.7. The zero-order valence-electron chi connectivity index (χ0n) is 47.0. The zero-order valence-corrected chi connectivity index (χ0v) is 47.9. The maximum Gasteiger partial charge on any atom is 0.306 e. The van der Waals surface area contributed by atoms with Crippen LogP contribution in [0.25, 0.3) is 0 Å². The number of esters is 2. The molecule has 0 aromatic heterocycles. The highest BCUT2D eigenvalue weighted by atomic mass is 31.2. The van der Waals surface area contributed by atoms with E-state index in [-0.39, 0.29) is 37.9 Å². The maximum absolute atomic E-state index is 13.4. The number of quaternary nitrogens is 1. The number of phosphoric ester groups is 1. The number of para-hydroxylation sites is 1. The molecule has 3 rings (SSSR count). The maximum atomic E-state index is 13.4. The Balaban J connectivity index is 1.16. The van der Waals surface area contributed by atoms with Crippen LogP contribution in [-0.2, 0) is 48.8 Å². The summed E-state index contributed by atoms with van der Waals surface area (Å²) in [6, 6.07) is 15.8. The summed E-state index contributed by atoms with van der Waals surface area (Å²) in [7, 11) is 1.11. The average Bonchev–Trinajstić information content (AvgIpc) is 3.37. The van der Waals surface area contributed by atoms with E-state index in [0.29, 0.717) is 56.2 Å². The Hall–Kier alpha value is -4.05. The Kier molecular flexibility index (Phi) is 35.0. The minimum Gasteiger partial charge on any atom is -0.756 e. The number of benzene rings is 2. The number of phosphoric acid groups is 1. The van der Waals surface area contributed by atoms with Crippen LogP contribution >= 0.6 is 7.82 Å². The number of anilines is 1. The number of nitrogens with one attached hydrogen (secondary N) is 1. The summed E-state index contributed by atoms with van der Waals surface area (Å²) in [6.45, 7) is 3.06.